The van der Waals surface area contributed by atoms with Crippen LogP contribution >= 0.6 is 11.6 Å². The minimum Gasteiger partial charge on any atom is -0.494 e. The van der Waals surface area contributed by atoms with E-state index in [4.69, 9.17) is 16.3 Å². The van der Waals surface area contributed by atoms with E-state index >= 15 is 0 Å². The fourth-order valence-corrected chi connectivity index (χ4v) is 5.70. The number of likely N-dealkylation sites (N-methyl/N-ethyl adjacent to an activating group) is 1. The Labute approximate surface area is 222 Å². The fraction of sp³-hybridized carbons (Fsp3) is 0.360. The van der Waals surface area contributed by atoms with Crippen LogP contribution in [0.4, 0.5) is 28.8 Å². The first-order valence-corrected chi connectivity index (χ1v) is 13.8. The van der Waals surface area contributed by atoms with Gasteiger partial charge in [0, 0.05) is 36.9 Å². The summed E-state index contributed by atoms with van der Waals surface area (Å²) >= 11 is 6.36. The van der Waals surface area contributed by atoms with Crippen LogP contribution < -0.4 is 30.3 Å². The average Bonchev–Trinajstić information content (AvgIpc) is 3.35. The molecule has 1 atom stereocenters. The fourth-order valence-electron chi connectivity index (χ4n) is 4.15. The van der Waals surface area contributed by atoms with E-state index in [2.05, 4.69) is 35.5 Å². The molecule has 0 radical (unpaired) electrons. The number of nitrogens with zero attached hydrogens (tertiary/aromatic N) is 3. The number of halogens is 1. The number of anilines is 5. The SMILES string of the molecule is CN[C@H]1CCN(c2ccc(Nc3ncc(Cl)c(Nc4ccccc4S(=O)(=O)NC(C)C)n3)c(OC)c2)C1. The Morgan fingerprint density at radius 3 is 2.62 bits per heavy atom. The van der Waals surface area contributed by atoms with Gasteiger partial charge < -0.3 is 25.6 Å². The molecule has 12 heteroatoms. The molecular weight excluding hydrogens is 514 g/mol. The van der Waals surface area contributed by atoms with Gasteiger partial charge in [0.1, 0.15) is 15.7 Å². The van der Waals surface area contributed by atoms with E-state index in [1.165, 1.54) is 12.3 Å². The predicted octanol–water partition coefficient (Wildman–Crippen LogP) is 4.11. The monoisotopic (exact) mass is 545 g/mol. The van der Waals surface area contributed by atoms with Crippen LogP contribution in [-0.4, -0.2) is 57.7 Å². The van der Waals surface area contributed by atoms with Crippen LogP contribution in [0.5, 0.6) is 5.75 Å². The molecule has 1 fully saturated rings. The van der Waals surface area contributed by atoms with E-state index in [0.717, 1.165) is 25.2 Å². The summed E-state index contributed by atoms with van der Waals surface area (Å²) in [7, 11) is -0.149. The Bertz CT molecular complexity index is 1350. The van der Waals surface area contributed by atoms with Gasteiger partial charge in [-0.2, -0.15) is 4.98 Å². The van der Waals surface area contributed by atoms with E-state index in [1.54, 1.807) is 39.2 Å². The Hall–Kier alpha value is -3.12. The zero-order valence-corrected chi connectivity index (χ0v) is 22.8. The summed E-state index contributed by atoms with van der Waals surface area (Å²) < 4.78 is 33.9. The normalized spacial score (nSPS) is 15.7. The van der Waals surface area contributed by atoms with Crippen molar-refractivity contribution in [2.45, 2.75) is 37.2 Å². The van der Waals surface area contributed by atoms with Gasteiger partial charge in [-0.15, -0.1) is 0 Å². The van der Waals surface area contributed by atoms with Crippen LogP contribution in [0.3, 0.4) is 0 Å². The third kappa shape index (κ3) is 6.42. The second kappa shape index (κ2) is 11.5. The molecule has 4 N–H and O–H groups in total. The topological polar surface area (TPSA) is 121 Å². The van der Waals surface area contributed by atoms with Crippen molar-refractivity contribution < 1.29 is 13.2 Å². The van der Waals surface area contributed by atoms with E-state index < -0.39 is 10.0 Å². The van der Waals surface area contributed by atoms with Crippen molar-refractivity contribution in [2.24, 2.45) is 0 Å². The lowest BCUT2D eigenvalue weighted by atomic mass is 10.2. The lowest BCUT2D eigenvalue weighted by Gasteiger charge is -2.21. The van der Waals surface area contributed by atoms with Crippen LogP contribution in [0.25, 0.3) is 0 Å². The second-order valence-electron chi connectivity index (χ2n) is 9.02. The minimum absolute atomic E-state index is 0.0903. The minimum atomic E-state index is -3.75. The van der Waals surface area contributed by atoms with E-state index in [9.17, 15) is 8.42 Å². The molecule has 4 rings (SSSR count). The van der Waals surface area contributed by atoms with Crippen LogP contribution in [0.15, 0.2) is 53.6 Å². The molecule has 0 spiro atoms. The van der Waals surface area contributed by atoms with Gasteiger partial charge in [-0.25, -0.2) is 18.1 Å². The lowest BCUT2D eigenvalue weighted by Crippen LogP contribution is -2.30. The number of para-hydroxylation sites is 1. The second-order valence-corrected chi connectivity index (χ2v) is 11.1. The first kappa shape index (κ1) is 26.9. The highest BCUT2D eigenvalue weighted by molar-refractivity contribution is 7.89. The van der Waals surface area contributed by atoms with Gasteiger partial charge in [-0.1, -0.05) is 23.7 Å². The number of aromatic nitrogens is 2. The number of hydrogen-bond acceptors (Lipinski definition) is 9. The maximum absolute atomic E-state index is 12.8. The van der Waals surface area contributed by atoms with E-state index in [1.807, 2.05) is 25.2 Å². The first-order valence-electron chi connectivity index (χ1n) is 12.0. The van der Waals surface area contributed by atoms with Crippen molar-refractivity contribution in [3.05, 3.63) is 53.7 Å². The Balaban J connectivity index is 1.57. The predicted molar refractivity (Wildman–Crippen MR) is 148 cm³/mol. The molecule has 0 amide bonds. The molecule has 3 aromatic rings. The van der Waals surface area contributed by atoms with E-state index in [0.29, 0.717) is 23.2 Å². The number of sulfonamides is 1. The van der Waals surface area contributed by atoms with Gasteiger partial charge in [0.25, 0.3) is 0 Å². The van der Waals surface area contributed by atoms with Crippen molar-refractivity contribution in [3.63, 3.8) is 0 Å². The summed E-state index contributed by atoms with van der Waals surface area (Å²) in [6, 6.07) is 12.7. The zero-order chi connectivity index (χ0) is 26.6. The number of nitrogens with one attached hydrogen (secondary N) is 4. The van der Waals surface area contributed by atoms with Crippen molar-refractivity contribution >= 4 is 50.5 Å². The first-order chi connectivity index (χ1) is 17.7. The number of ether oxygens (including phenoxy) is 1. The van der Waals surface area contributed by atoms with Crippen molar-refractivity contribution in [1.29, 1.82) is 0 Å². The van der Waals surface area contributed by atoms with Crippen molar-refractivity contribution in [2.75, 3.05) is 42.8 Å². The molecule has 1 aromatic heterocycles. The van der Waals surface area contributed by atoms with Gasteiger partial charge in [0.15, 0.2) is 5.82 Å². The lowest BCUT2D eigenvalue weighted by molar-refractivity contribution is 0.417. The Morgan fingerprint density at radius 2 is 1.92 bits per heavy atom. The molecule has 2 aromatic carbocycles. The highest BCUT2D eigenvalue weighted by Gasteiger charge is 2.23. The highest BCUT2D eigenvalue weighted by Crippen LogP contribution is 2.34. The largest absolute Gasteiger partial charge is 0.494 e. The number of hydrogen-bond donors (Lipinski definition) is 4. The third-order valence-corrected chi connectivity index (χ3v) is 7.95. The van der Waals surface area contributed by atoms with Crippen LogP contribution in [0.1, 0.15) is 20.3 Å². The maximum atomic E-state index is 12.8. The Kier molecular flexibility index (Phi) is 8.38. The molecule has 2 heterocycles. The molecule has 1 saturated heterocycles. The number of methoxy groups -OCH3 is 1. The smallest absolute Gasteiger partial charge is 0.242 e. The molecule has 37 heavy (non-hydrogen) atoms. The zero-order valence-electron chi connectivity index (χ0n) is 21.2. The van der Waals surface area contributed by atoms with Gasteiger partial charge in [0.05, 0.1) is 24.7 Å². The maximum Gasteiger partial charge on any atom is 0.242 e. The standard InChI is InChI=1S/C25H32ClN7O3S/c1-16(2)32-37(34,35)23-8-6-5-7-21(23)29-24-19(26)14-28-25(31-24)30-20-10-9-18(13-22(20)36-4)33-12-11-17(15-33)27-3/h5-10,13-14,16-17,27,32H,11-12,15H2,1-4H3,(H2,28,29,30,31)/t17-/m0/s1. The van der Waals surface area contributed by atoms with Gasteiger partial charge in [-0.05, 0) is 51.6 Å². The summed E-state index contributed by atoms with van der Waals surface area (Å²) in [4.78, 5) is 11.2. The molecule has 0 aliphatic carbocycles. The number of benzene rings is 2. The average molecular weight is 546 g/mol. The summed E-state index contributed by atoms with van der Waals surface area (Å²) in [6.45, 7) is 5.43. The third-order valence-electron chi connectivity index (χ3n) is 5.96. The molecule has 0 saturated carbocycles. The van der Waals surface area contributed by atoms with E-state index in [-0.39, 0.29) is 27.7 Å². The molecule has 0 unspecified atom stereocenters. The van der Waals surface area contributed by atoms with Gasteiger partial charge >= 0.3 is 0 Å². The van der Waals surface area contributed by atoms with Crippen molar-refractivity contribution in [3.8, 4) is 5.75 Å². The van der Waals surface area contributed by atoms with Gasteiger partial charge in [-0.3, -0.25) is 0 Å². The van der Waals surface area contributed by atoms with Crippen molar-refractivity contribution in [1.82, 2.24) is 20.0 Å². The van der Waals surface area contributed by atoms with Crippen LogP contribution in [0, 0.1) is 0 Å². The summed E-state index contributed by atoms with van der Waals surface area (Å²) in [5.41, 5.74) is 2.11. The Morgan fingerprint density at radius 1 is 1.14 bits per heavy atom. The molecule has 1 aliphatic heterocycles. The summed E-state index contributed by atoms with van der Waals surface area (Å²) in [5.74, 6) is 1.18. The molecule has 198 valence electrons. The molecule has 1 aliphatic rings. The number of rotatable bonds is 10. The van der Waals surface area contributed by atoms with Crippen LogP contribution in [0.2, 0.25) is 5.02 Å². The summed E-state index contributed by atoms with van der Waals surface area (Å²) in [6.07, 6.45) is 2.54. The molecule has 0 bridgehead atoms. The summed E-state index contributed by atoms with van der Waals surface area (Å²) in [5, 5.41) is 9.79. The molecular formula is C25H32ClN7O3S. The highest BCUT2D eigenvalue weighted by atomic mass is 35.5. The molecule has 10 nitrogen and oxygen atoms in total. The van der Waals surface area contributed by atoms with Crippen LogP contribution in [-0.2, 0) is 10.0 Å². The van der Waals surface area contributed by atoms with Gasteiger partial charge in [0.2, 0.25) is 16.0 Å². The quantitative estimate of drug-likeness (QED) is 0.298.